The summed E-state index contributed by atoms with van der Waals surface area (Å²) in [5, 5.41) is 10.1. The lowest BCUT2D eigenvalue weighted by Crippen LogP contribution is -2.47. The summed E-state index contributed by atoms with van der Waals surface area (Å²) in [6.07, 6.45) is -16.0. The van der Waals surface area contributed by atoms with Gasteiger partial charge in [-0.25, -0.2) is 9.97 Å². The van der Waals surface area contributed by atoms with Crippen LogP contribution in [0.1, 0.15) is 91.4 Å². The number of amides is 4. The standard InChI is InChI=1S/2C41H32F6N4O2/c1-51-35-21-20-27(49-37(52)31-12-3-2-9-28(31)25-16-18-26(19-17-25)41(45,46)47)23-34(35)50-36(51)15-8-22-39(38(53)48-24-40(42,43)44)32-13-6-4-10-29(32)30-11-5-7-14-33(30)39;1-51-35-23-27(49-37(52)31-12-3-2-9-28(31)25-16-18-26(19-17-25)41(45,46)47)20-21-34(35)50-36(51)15-8-22-39(38(53)48-24-40(42,43)44)32-13-6-4-10-29(32)30-11-5-7-14-33(30)39/h2*2-7,9-14,16-21,23H,8,15,22,24H2,1H3,(H,48,53)(H,49,52). The van der Waals surface area contributed by atoms with Crippen molar-refractivity contribution in [1.29, 1.82) is 0 Å². The van der Waals surface area contributed by atoms with E-state index in [4.69, 9.17) is 9.97 Å². The number of rotatable bonds is 18. The van der Waals surface area contributed by atoms with Crippen LogP contribution in [-0.4, -0.2) is 68.2 Å². The van der Waals surface area contributed by atoms with Crippen molar-refractivity contribution in [2.75, 3.05) is 23.7 Å². The van der Waals surface area contributed by atoms with Crippen LogP contribution < -0.4 is 21.3 Å². The van der Waals surface area contributed by atoms with Gasteiger partial charge in [-0.05, 0) is 165 Å². The van der Waals surface area contributed by atoms with Crippen LogP contribution in [0.25, 0.3) is 66.6 Å². The molecule has 106 heavy (non-hydrogen) atoms. The molecule has 0 bridgehead atoms. The highest BCUT2D eigenvalue weighted by atomic mass is 19.4. The van der Waals surface area contributed by atoms with Gasteiger partial charge >= 0.3 is 24.7 Å². The van der Waals surface area contributed by atoms with Crippen LogP contribution in [0, 0.1) is 0 Å². The molecule has 14 rings (SSSR count). The van der Waals surface area contributed by atoms with Gasteiger partial charge in [0, 0.05) is 49.4 Å². The average Bonchev–Trinajstić information content (AvgIpc) is 1.57. The van der Waals surface area contributed by atoms with E-state index >= 15 is 0 Å². The Bertz CT molecular complexity index is 5120. The molecular formula is C82H64F12N8O4. The van der Waals surface area contributed by atoms with Crippen LogP contribution in [0.3, 0.4) is 0 Å². The summed E-state index contributed by atoms with van der Waals surface area (Å²) >= 11 is 0. The summed E-state index contributed by atoms with van der Waals surface area (Å²) in [5.74, 6) is -0.964. The van der Waals surface area contributed by atoms with E-state index in [9.17, 15) is 71.9 Å². The molecule has 0 unspecified atom stereocenters. The molecule has 540 valence electrons. The van der Waals surface area contributed by atoms with E-state index in [1.165, 1.54) is 24.3 Å². The third-order valence-corrected chi connectivity index (χ3v) is 19.6. The normalized spacial score (nSPS) is 13.4. The number of fused-ring (bicyclic) bond motifs is 8. The van der Waals surface area contributed by atoms with E-state index in [0.29, 0.717) is 110 Å². The van der Waals surface area contributed by atoms with Crippen LogP contribution >= 0.6 is 0 Å². The molecule has 0 fully saturated rings. The number of aromatic nitrogens is 4. The average molecular weight is 1450 g/mol. The molecule has 24 heteroatoms. The number of benzene rings is 10. The molecule has 2 aromatic heterocycles. The van der Waals surface area contributed by atoms with E-state index in [2.05, 4.69) is 21.3 Å². The molecule has 0 radical (unpaired) electrons. The molecule has 2 aliphatic carbocycles. The lowest BCUT2D eigenvalue weighted by atomic mass is 9.73. The lowest BCUT2D eigenvalue weighted by molar-refractivity contribution is -0.141. The number of halogens is 12. The molecular weight excluding hydrogens is 1390 g/mol. The van der Waals surface area contributed by atoms with Crippen LogP contribution in [0.2, 0.25) is 0 Å². The van der Waals surface area contributed by atoms with Crippen molar-refractivity contribution >= 4 is 57.1 Å². The summed E-state index contributed by atoms with van der Waals surface area (Å²) in [6.45, 7) is -2.88. The Morgan fingerprint density at radius 3 is 1.10 bits per heavy atom. The third-order valence-electron chi connectivity index (χ3n) is 19.6. The molecule has 0 atom stereocenters. The fourth-order valence-electron chi connectivity index (χ4n) is 14.6. The summed E-state index contributed by atoms with van der Waals surface area (Å²) < 4.78 is 162. The van der Waals surface area contributed by atoms with E-state index < -0.39 is 83.4 Å². The first-order valence-electron chi connectivity index (χ1n) is 33.7. The number of anilines is 2. The predicted octanol–water partition coefficient (Wildman–Crippen LogP) is 19.0. The van der Waals surface area contributed by atoms with Crippen LogP contribution in [0.15, 0.2) is 231 Å². The zero-order valence-corrected chi connectivity index (χ0v) is 56.6. The Kier molecular flexibility index (Phi) is 19.6. The van der Waals surface area contributed by atoms with Gasteiger partial charge in [0.05, 0.1) is 33.2 Å². The molecule has 0 spiro atoms. The van der Waals surface area contributed by atoms with E-state index in [1.807, 2.05) is 71.8 Å². The molecule has 2 aliphatic rings. The fourth-order valence-corrected chi connectivity index (χ4v) is 14.6. The van der Waals surface area contributed by atoms with Crippen LogP contribution in [-0.2, 0) is 59.7 Å². The number of imidazole rings is 2. The van der Waals surface area contributed by atoms with E-state index in [1.54, 1.807) is 133 Å². The topological polar surface area (TPSA) is 152 Å². The van der Waals surface area contributed by atoms with Gasteiger partial charge in [-0.15, -0.1) is 0 Å². The molecule has 4 amide bonds. The number of hydrogen-bond donors (Lipinski definition) is 4. The van der Waals surface area contributed by atoms with E-state index in [-0.39, 0.29) is 24.0 Å². The second-order valence-electron chi connectivity index (χ2n) is 26.0. The molecule has 12 aromatic rings. The van der Waals surface area contributed by atoms with Crippen LogP contribution in [0.5, 0.6) is 0 Å². The number of nitrogens with zero attached hydrogens (tertiary/aromatic N) is 4. The van der Waals surface area contributed by atoms with Crippen molar-refractivity contribution in [3.8, 4) is 44.5 Å². The Labute approximate surface area is 599 Å². The highest BCUT2D eigenvalue weighted by Crippen LogP contribution is 2.54. The van der Waals surface area contributed by atoms with E-state index in [0.717, 1.165) is 52.0 Å². The quantitative estimate of drug-likeness (QED) is 0.0628. The first-order valence-corrected chi connectivity index (χ1v) is 33.7. The minimum Gasteiger partial charge on any atom is -0.346 e. The Hall–Kier alpha value is -11.8. The zero-order valence-electron chi connectivity index (χ0n) is 56.6. The number of carbonyl (C=O) groups is 4. The highest BCUT2D eigenvalue weighted by molar-refractivity contribution is 6.10. The molecule has 12 nitrogen and oxygen atoms in total. The molecule has 0 saturated carbocycles. The van der Waals surface area contributed by atoms with Gasteiger partial charge in [0.2, 0.25) is 11.8 Å². The number of carbonyl (C=O) groups excluding carboxylic acids is 4. The van der Waals surface area contributed by atoms with Crippen molar-refractivity contribution in [3.05, 3.63) is 287 Å². The number of nitrogens with one attached hydrogen (secondary N) is 4. The Morgan fingerprint density at radius 2 is 0.717 bits per heavy atom. The smallest absolute Gasteiger partial charge is 0.346 e. The van der Waals surface area contributed by atoms with Crippen molar-refractivity contribution < 1.29 is 71.9 Å². The third kappa shape index (κ3) is 14.5. The lowest BCUT2D eigenvalue weighted by Gasteiger charge is -2.31. The zero-order chi connectivity index (χ0) is 75.1. The van der Waals surface area contributed by atoms with Crippen molar-refractivity contribution in [2.24, 2.45) is 14.1 Å². The number of alkyl halides is 12. The van der Waals surface area contributed by atoms with Crippen molar-refractivity contribution in [2.45, 2.75) is 74.1 Å². The van der Waals surface area contributed by atoms with Gasteiger partial charge in [-0.2, -0.15) is 52.7 Å². The minimum atomic E-state index is -4.57. The maximum absolute atomic E-state index is 13.9. The molecule has 4 N–H and O–H groups in total. The Morgan fingerprint density at radius 1 is 0.377 bits per heavy atom. The molecule has 10 aromatic carbocycles. The minimum absolute atomic E-state index is 0.230. The highest BCUT2D eigenvalue weighted by Gasteiger charge is 2.51. The van der Waals surface area contributed by atoms with Crippen molar-refractivity contribution in [3.63, 3.8) is 0 Å². The first kappa shape index (κ1) is 72.5. The second-order valence-corrected chi connectivity index (χ2v) is 26.0. The Balaban J connectivity index is 0.000000188. The largest absolute Gasteiger partial charge is 0.416 e. The van der Waals surface area contributed by atoms with Gasteiger partial charge in [-0.3, -0.25) is 19.2 Å². The first-order chi connectivity index (χ1) is 50.5. The monoisotopic (exact) mass is 1450 g/mol. The van der Waals surface area contributed by atoms with Gasteiger partial charge < -0.3 is 30.4 Å². The maximum atomic E-state index is 13.9. The molecule has 0 saturated heterocycles. The summed E-state index contributed by atoms with van der Waals surface area (Å²) in [6, 6.07) is 62.2. The SMILES string of the molecule is Cn1c(CCCC2(C(=O)NCC(F)(F)F)c3ccccc3-c3ccccc32)nc2cc(NC(=O)c3ccccc3-c3ccc(C(F)(F)F)cc3)ccc21.Cn1c(CCCC2(C(=O)NCC(F)(F)F)c3ccccc3-c3ccccc32)nc2ccc(NC(=O)c3ccccc3-c3ccc(C(F)(F)F)cc3)cc21. The number of hydrogen-bond acceptors (Lipinski definition) is 6. The van der Waals surface area contributed by atoms with Crippen LogP contribution in [0.4, 0.5) is 64.1 Å². The molecule has 2 heterocycles. The second kappa shape index (κ2) is 28.7. The fraction of sp³-hybridized carbons (Fsp3) is 0.195. The maximum Gasteiger partial charge on any atom is 0.416 e. The number of aryl methyl sites for hydroxylation is 4. The van der Waals surface area contributed by atoms with Gasteiger partial charge in [0.1, 0.15) is 35.6 Å². The summed E-state index contributed by atoms with van der Waals surface area (Å²) in [5.41, 5.74) is 7.69. The summed E-state index contributed by atoms with van der Waals surface area (Å²) in [7, 11) is 3.66. The van der Waals surface area contributed by atoms with Gasteiger partial charge in [0.25, 0.3) is 11.8 Å². The van der Waals surface area contributed by atoms with Gasteiger partial charge in [-0.1, -0.05) is 158 Å². The predicted molar refractivity (Wildman–Crippen MR) is 380 cm³/mol. The van der Waals surface area contributed by atoms with Crippen molar-refractivity contribution in [1.82, 2.24) is 29.7 Å². The molecule has 0 aliphatic heterocycles. The van der Waals surface area contributed by atoms with Gasteiger partial charge in [0.15, 0.2) is 0 Å². The summed E-state index contributed by atoms with van der Waals surface area (Å²) in [4.78, 5) is 64.2.